The zero-order valence-corrected chi connectivity index (χ0v) is 14.6. The normalized spacial score (nSPS) is 18.3. The van der Waals surface area contributed by atoms with Crippen LogP contribution in [-0.2, 0) is 17.6 Å². The van der Waals surface area contributed by atoms with Gasteiger partial charge in [0.15, 0.2) is 0 Å². The first-order chi connectivity index (χ1) is 11.3. The molecule has 0 saturated carbocycles. The van der Waals surface area contributed by atoms with Gasteiger partial charge in [-0.05, 0) is 37.3 Å². The van der Waals surface area contributed by atoms with Gasteiger partial charge in [0.2, 0.25) is 0 Å². The van der Waals surface area contributed by atoms with Crippen molar-refractivity contribution >= 4 is 5.97 Å². The number of pyridine rings is 1. The van der Waals surface area contributed by atoms with Crippen LogP contribution in [0.3, 0.4) is 0 Å². The van der Waals surface area contributed by atoms with Crippen LogP contribution in [0.5, 0.6) is 0 Å². The van der Waals surface area contributed by atoms with E-state index in [9.17, 15) is 4.79 Å². The van der Waals surface area contributed by atoms with Crippen molar-refractivity contribution in [2.45, 2.75) is 83.5 Å². The SMILES string of the molecule is COC(=O)c1cnc2c(c1)CCCCCCCCCCCCC2. The molecule has 0 bridgehead atoms. The predicted octanol–water partition coefficient (Wildman–Crippen LogP) is 5.26. The molecule has 0 spiro atoms. The number of carbonyl (C=O) groups excluding carboxylic acids is 1. The van der Waals surface area contributed by atoms with E-state index in [1.165, 1.54) is 89.0 Å². The molecule has 0 N–H and O–H groups in total. The molecular formula is C20H31NO2. The van der Waals surface area contributed by atoms with Crippen LogP contribution in [-0.4, -0.2) is 18.1 Å². The molecule has 1 aromatic rings. The predicted molar refractivity (Wildman–Crippen MR) is 93.8 cm³/mol. The average Bonchev–Trinajstić information content (AvgIpc) is 2.59. The van der Waals surface area contributed by atoms with Gasteiger partial charge in [0.1, 0.15) is 0 Å². The first kappa shape index (κ1) is 18.0. The van der Waals surface area contributed by atoms with E-state index in [1.54, 1.807) is 6.20 Å². The van der Waals surface area contributed by atoms with Gasteiger partial charge in [0.25, 0.3) is 0 Å². The van der Waals surface area contributed by atoms with E-state index in [0.29, 0.717) is 5.56 Å². The van der Waals surface area contributed by atoms with Crippen molar-refractivity contribution in [3.8, 4) is 0 Å². The average molecular weight is 317 g/mol. The van der Waals surface area contributed by atoms with Crippen molar-refractivity contribution in [1.29, 1.82) is 0 Å². The van der Waals surface area contributed by atoms with Crippen LogP contribution in [0.4, 0.5) is 0 Å². The summed E-state index contributed by atoms with van der Waals surface area (Å²) >= 11 is 0. The van der Waals surface area contributed by atoms with Crippen LogP contribution in [0, 0.1) is 0 Å². The minimum absolute atomic E-state index is 0.281. The lowest BCUT2D eigenvalue weighted by atomic mass is 9.99. The lowest BCUT2D eigenvalue weighted by Gasteiger charge is -2.10. The third-order valence-electron chi connectivity index (χ3n) is 4.84. The third-order valence-corrected chi connectivity index (χ3v) is 4.84. The number of carbonyl (C=O) groups is 1. The number of fused-ring (bicyclic) bond motifs is 1. The summed E-state index contributed by atoms with van der Waals surface area (Å²) in [5.41, 5.74) is 3.03. The lowest BCUT2D eigenvalue weighted by Crippen LogP contribution is -2.06. The van der Waals surface area contributed by atoms with Gasteiger partial charge in [-0.25, -0.2) is 4.79 Å². The number of aromatic nitrogens is 1. The summed E-state index contributed by atoms with van der Waals surface area (Å²) < 4.78 is 4.83. The zero-order valence-electron chi connectivity index (χ0n) is 14.6. The van der Waals surface area contributed by atoms with Crippen LogP contribution in [0.25, 0.3) is 0 Å². The molecule has 0 aliphatic heterocycles. The van der Waals surface area contributed by atoms with E-state index in [0.717, 1.165) is 12.8 Å². The van der Waals surface area contributed by atoms with E-state index < -0.39 is 0 Å². The Hall–Kier alpha value is -1.38. The lowest BCUT2D eigenvalue weighted by molar-refractivity contribution is 0.0600. The molecule has 0 atom stereocenters. The van der Waals surface area contributed by atoms with Gasteiger partial charge in [0.05, 0.1) is 12.7 Å². The minimum Gasteiger partial charge on any atom is -0.465 e. The Bertz CT molecular complexity index is 485. The highest BCUT2D eigenvalue weighted by atomic mass is 16.5. The van der Waals surface area contributed by atoms with Gasteiger partial charge in [-0.2, -0.15) is 0 Å². The Morgan fingerprint density at radius 1 is 0.870 bits per heavy atom. The molecular weight excluding hydrogens is 286 g/mol. The van der Waals surface area contributed by atoms with E-state index in [2.05, 4.69) is 4.98 Å². The molecule has 1 aromatic heterocycles. The molecule has 0 unspecified atom stereocenters. The van der Waals surface area contributed by atoms with Crippen molar-refractivity contribution in [1.82, 2.24) is 4.98 Å². The molecule has 23 heavy (non-hydrogen) atoms. The molecule has 0 aromatic carbocycles. The monoisotopic (exact) mass is 317 g/mol. The first-order valence-corrected chi connectivity index (χ1v) is 9.37. The summed E-state index contributed by atoms with van der Waals surface area (Å²) in [5.74, 6) is -0.281. The van der Waals surface area contributed by atoms with Crippen LogP contribution >= 0.6 is 0 Å². The van der Waals surface area contributed by atoms with Gasteiger partial charge < -0.3 is 4.74 Å². The number of ether oxygens (including phenoxy) is 1. The number of hydrogen-bond donors (Lipinski definition) is 0. The van der Waals surface area contributed by atoms with Gasteiger partial charge >= 0.3 is 5.97 Å². The zero-order chi connectivity index (χ0) is 16.3. The number of rotatable bonds is 1. The Labute approximate surface area is 140 Å². The van der Waals surface area contributed by atoms with Crippen LogP contribution in [0.15, 0.2) is 12.3 Å². The second kappa shape index (κ2) is 10.4. The minimum atomic E-state index is -0.281. The second-order valence-electron chi connectivity index (χ2n) is 6.71. The topological polar surface area (TPSA) is 39.2 Å². The summed E-state index contributed by atoms with van der Waals surface area (Å²) in [6.07, 6.45) is 18.3. The van der Waals surface area contributed by atoms with E-state index in [4.69, 9.17) is 4.74 Å². The quantitative estimate of drug-likeness (QED) is 0.663. The summed E-state index contributed by atoms with van der Waals surface area (Å²) in [5, 5.41) is 0. The molecule has 0 fully saturated rings. The summed E-state index contributed by atoms with van der Waals surface area (Å²) in [6, 6.07) is 2.01. The largest absolute Gasteiger partial charge is 0.465 e. The maximum absolute atomic E-state index is 11.7. The molecule has 0 radical (unpaired) electrons. The van der Waals surface area contributed by atoms with E-state index in [-0.39, 0.29) is 5.97 Å². The molecule has 1 heterocycles. The third kappa shape index (κ3) is 6.32. The molecule has 1 aliphatic carbocycles. The number of nitrogens with zero attached hydrogens (tertiary/aromatic N) is 1. The van der Waals surface area contributed by atoms with Gasteiger partial charge in [0, 0.05) is 11.9 Å². The van der Waals surface area contributed by atoms with Crippen molar-refractivity contribution in [2.75, 3.05) is 7.11 Å². The Morgan fingerprint density at radius 3 is 1.96 bits per heavy atom. The van der Waals surface area contributed by atoms with Gasteiger partial charge in [-0.1, -0.05) is 57.8 Å². The van der Waals surface area contributed by atoms with Gasteiger partial charge in [-0.15, -0.1) is 0 Å². The number of esters is 1. The van der Waals surface area contributed by atoms with Crippen molar-refractivity contribution in [3.05, 3.63) is 29.1 Å². The molecule has 2 rings (SSSR count). The molecule has 0 saturated heterocycles. The summed E-state index contributed by atoms with van der Waals surface area (Å²) in [4.78, 5) is 16.3. The number of hydrogen-bond acceptors (Lipinski definition) is 3. The Balaban J connectivity index is 2.04. The van der Waals surface area contributed by atoms with Crippen molar-refractivity contribution < 1.29 is 9.53 Å². The molecule has 3 heteroatoms. The Kier molecular flexibility index (Phi) is 8.13. The van der Waals surface area contributed by atoms with Gasteiger partial charge in [-0.3, -0.25) is 4.98 Å². The van der Waals surface area contributed by atoms with Crippen LogP contribution < -0.4 is 0 Å². The highest BCUT2D eigenvalue weighted by Gasteiger charge is 2.11. The maximum Gasteiger partial charge on any atom is 0.339 e. The van der Waals surface area contributed by atoms with E-state index in [1.807, 2.05) is 6.07 Å². The van der Waals surface area contributed by atoms with Crippen molar-refractivity contribution in [3.63, 3.8) is 0 Å². The number of methoxy groups -OCH3 is 1. The molecule has 3 nitrogen and oxygen atoms in total. The fraction of sp³-hybridized carbons (Fsp3) is 0.700. The highest BCUT2D eigenvalue weighted by Crippen LogP contribution is 2.19. The maximum atomic E-state index is 11.7. The Morgan fingerprint density at radius 2 is 1.39 bits per heavy atom. The standard InChI is InChI=1S/C20H31NO2/c1-23-20(22)18-15-17-13-11-9-7-5-3-2-4-6-8-10-12-14-19(17)21-16-18/h15-16H,2-14H2,1H3. The highest BCUT2D eigenvalue weighted by molar-refractivity contribution is 5.89. The van der Waals surface area contributed by atoms with Crippen molar-refractivity contribution in [2.24, 2.45) is 0 Å². The molecule has 128 valence electrons. The van der Waals surface area contributed by atoms with Crippen LogP contribution in [0.2, 0.25) is 0 Å². The second-order valence-corrected chi connectivity index (χ2v) is 6.71. The summed E-state index contributed by atoms with van der Waals surface area (Å²) in [6.45, 7) is 0. The summed E-state index contributed by atoms with van der Waals surface area (Å²) in [7, 11) is 1.43. The molecule has 0 amide bonds. The first-order valence-electron chi connectivity index (χ1n) is 9.37. The molecule has 1 aliphatic rings. The van der Waals surface area contributed by atoms with E-state index >= 15 is 0 Å². The smallest absolute Gasteiger partial charge is 0.339 e. The van der Waals surface area contributed by atoms with Crippen LogP contribution in [0.1, 0.15) is 92.2 Å². The fourth-order valence-electron chi connectivity index (χ4n) is 3.41. The number of aryl methyl sites for hydroxylation is 2. The fourth-order valence-corrected chi connectivity index (χ4v) is 3.41.